The third kappa shape index (κ3) is 5.62. The summed E-state index contributed by atoms with van der Waals surface area (Å²) in [5.41, 5.74) is 1.43. The van der Waals surface area contributed by atoms with E-state index in [1.54, 1.807) is 18.2 Å². The maximum Gasteiger partial charge on any atom is 0.185 e. The summed E-state index contributed by atoms with van der Waals surface area (Å²) in [7, 11) is 0. The van der Waals surface area contributed by atoms with Gasteiger partial charge in [-0.25, -0.2) is 8.78 Å². The molecule has 2 heterocycles. The molecule has 2 aliphatic carbocycles. The summed E-state index contributed by atoms with van der Waals surface area (Å²) in [6, 6.07) is 6.38. The Labute approximate surface area is 170 Å². The Morgan fingerprint density at radius 1 is 1.03 bits per heavy atom. The van der Waals surface area contributed by atoms with Crippen LogP contribution in [-0.4, -0.2) is 35.3 Å². The van der Waals surface area contributed by atoms with Gasteiger partial charge in [0.1, 0.15) is 17.3 Å². The van der Waals surface area contributed by atoms with Gasteiger partial charge in [0.15, 0.2) is 6.86 Å². The fourth-order valence-electron chi connectivity index (χ4n) is 4.28. The van der Waals surface area contributed by atoms with Gasteiger partial charge in [0.2, 0.25) is 0 Å². The monoisotopic (exact) mass is 408 g/mol. The van der Waals surface area contributed by atoms with Crippen LogP contribution < -0.4 is 5.32 Å². The summed E-state index contributed by atoms with van der Waals surface area (Å²) in [5.74, 6) is 2.83. The van der Waals surface area contributed by atoms with Gasteiger partial charge in [-0.1, -0.05) is 30.1 Å². The van der Waals surface area contributed by atoms with Crippen molar-refractivity contribution in [2.45, 2.75) is 51.0 Å². The first-order valence-electron chi connectivity index (χ1n) is 10.4. The number of hydrogen-bond donors (Lipinski definition) is 3. The Morgan fingerprint density at radius 3 is 2.21 bits per heavy atom. The zero-order valence-corrected chi connectivity index (χ0v) is 16.6. The molecule has 5 nitrogen and oxygen atoms in total. The summed E-state index contributed by atoms with van der Waals surface area (Å²) in [6.45, 7) is 1.20. The predicted octanol–water partition coefficient (Wildman–Crippen LogP) is 4.15. The molecule has 3 aliphatic rings. The highest BCUT2D eigenvalue weighted by Crippen LogP contribution is 2.44. The van der Waals surface area contributed by atoms with E-state index < -0.39 is 6.86 Å². The van der Waals surface area contributed by atoms with Crippen LogP contribution in [-0.2, 0) is 6.61 Å². The molecule has 1 aliphatic heterocycles. The molecule has 1 saturated heterocycles. The van der Waals surface area contributed by atoms with Crippen LogP contribution in [0.15, 0.2) is 28.8 Å². The Balaban J connectivity index is 0.000000167. The van der Waals surface area contributed by atoms with Gasteiger partial charge in [-0.2, -0.15) is 0 Å². The summed E-state index contributed by atoms with van der Waals surface area (Å²) < 4.78 is 28.7. The number of rotatable bonds is 3. The SMILES string of the molecule is C1CC[C@H]2CNC[C@H]2C1.OCF.OCc1c(-c2ccccc2F)noc1C1CC1. The molecule has 160 valence electrons. The maximum absolute atomic E-state index is 13.7. The van der Waals surface area contributed by atoms with Crippen molar-refractivity contribution >= 4 is 0 Å². The highest BCUT2D eigenvalue weighted by molar-refractivity contribution is 5.64. The van der Waals surface area contributed by atoms with E-state index in [1.165, 1.54) is 44.8 Å². The van der Waals surface area contributed by atoms with Gasteiger partial charge in [0.05, 0.1) is 6.61 Å². The standard InChI is InChI=1S/C13H12FNO2.C8H15N.CH3FO/c14-11-4-2-1-3-9(11)12-10(7-16)13(17-15-12)8-5-6-8;1-2-4-8-6-9-5-7(8)3-1;2-1-3/h1-4,8,16H,5-7H2;7-9H,1-6H2;3H,1H2/t;7-,8+;. The van der Waals surface area contributed by atoms with Crippen molar-refractivity contribution < 1.29 is 23.5 Å². The van der Waals surface area contributed by atoms with E-state index in [9.17, 15) is 13.9 Å². The molecule has 2 saturated carbocycles. The number of benzene rings is 1. The van der Waals surface area contributed by atoms with Crippen LogP contribution in [0.2, 0.25) is 0 Å². The average Bonchev–Trinajstić information content (AvgIpc) is 3.31. The molecule has 2 aromatic rings. The Bertz CT molecular complexity index is 752. The topological polar surface area (TPSA) is 78.5 Å². The number of fused-ring (bicyclic) bond motifs is 1. The van der Waals surface area contributed by atoms with E-state index in [0.717, 1.165) is 24.7 Å². The lowest BCUT2D eigenvalue weighted by Crippen LogP contribution is -2.16. The first-order chi connectivity index (χ1) is 14.2. The van der Waals surface area contributed by atoms with Gasteiger partial charge in [-0.15, -0.1) is 0 Å². The molecule has 0 bridgehead atoms. The highest BCUT2D eigenvalue weighted by atomic mass is 19.1. The normalized spacial score (nSPS) is 22.8. The maximum atomic E-state index is 13.7. The van der Waals surface area contributed by atoms with Crippen LogP contribution in [0.1, 0.15) is 55.8 Å². The summed E-state index contributed by atoms with van der Waals surface area (Å²) >= 11 is 0. The Morgan fingerprint density at radius 2 is 1.66 bits per heavy atom. The lowest BCUT2D eigenvalue weighted by atomic mass is 9.82. The summed E-state index contributed by atoms with van der Waals surface area (Å²) in [5, 5.41) is 23.7. The third-order valence-corrected chi connectivity index (χ3v) is 5.93. The lowest BCUT2D eigenvalue weighted by molar-refractivity contribution is 0.168. The molecule has 0 unspecified atom stereocenters. The first kappa shape index (κ1) is 21.9. The van der Waals surface area contributed by atoms with Crippen LogP contribution in [0.5, 0.6) is 0 Å². The second kappa shape index (κ2) is 10.8. The molecule has 29 heavy (non-hydrogen) atoms. The smallest absolute Gasteiger partial charge is 0.185 e. The number of alkyl halides is 1. The molecule has 2 atom stereocenters. The van der Waals surface area contributed by atoms with Gasteiger partial charge in [0.25, 0.3) is 0 Å². The van der Waals surface area contributed by atoms with E-state index in [2.05, 4.69) is 10.5 Å². The van der Waals surface area contributed by atoms with Crippen molar-refractivity contribution in [1.82, 2.24) is 10.5 Å². The Hall–Kier alpha value is -1.83. The minimum absolute atomic E-state index is 0.168. The summed E-state index contributed by atoms with van der Waals surface area (Å²) in [4.78, 5) is 0. The van der Waals surface area contributed by atoms with Crippen molar-refractivity contribution in [2.24, 2.45) is 11.8 Å². The number of nitrogens with zero attached hydrogens (tertiary/aromatic N) is 1. The van der Waals surface area contributed by atoms with Crippen LogP contribution in [0.3, 0.4) is 0 Å². The largest absolute Gasteiger partial charge is 0.391 e. The molecule has 5 rings (SSSR count). The molecule has 7 heteroatoms. The molecule has 3 fully saturated rings. The average molecular weight is 408 g/mol. The molecule has 3 N–H and O–H groups in total. The molecule has 0 spiro atoms. The van der Waals surface area contributed by atoms with Crippen molar-refractivity contribution in [1.29, 1.82) is 0 Å². The van der Waals surface area contributed by atoms with Gasteiger partial charge >= 0.3 is 0 Å². The second-order valence-electron chi connectivity index (χ2n) is 7.87. The van der Waals surface area contributed by atoms with Crippen LogP contribution >= 0.6 is 0 Å². The highest BCUT2D eigenvalue weighted by Gasteiger charge is 2.32. The Kier molecular flexibility index (Phi) is 8.15. The molecule has 1 aromatic carbocycles. The van der Waals surface area contributed by atoms with Crippen molar-refractivity contribution in [3.8, 4) is 11.3 Å². The number of aliphatic hydroxyl groups is 2. The van der Waals surface area contributed by atoms with Crippen molar-refractivity contribution in [2.75, 3.05) is 20.0 Å². The van der Waals surface area contributed by atoms with Crippen LogP contribution in [0, 0.1) is 17.7 Å². The number of aromatic nitrogens is 1. The number of nitrogens with one attached hydrogen (secondary N) is 1. The zero-order chi connectivity index (χ0) is 20.6. The number of hydrogen-bond acceptors (Lipinski definition) is 5. The third-order valence-electron chi connectivity index (χ3n) is 5.93. The molecular formula is C22H30F2N2O3. The fraction of sp³-hybridized carbons (Fsp3) is 0.591. The fourth-order valence-corrected chi connectivity index (χ4v) is 4.28. The second-order valence-corrected chi connectivity index (χ2v) is 7.87. The van der Waals surface area contributed by atoms with Gasteiger partial charge in [0, 0.05) is 17.0 Å². The molecule has 0 radical (unpaired) electrons. The van der Waals surface area contributed by atoms with E-state index in [1.807, 2.05) is 0 Å². The van der Waals surface area contributed by atoms with E-state index in [0.29, 0.717) is 28.5 Å². The summed E-state index contributed by atoms with van der Waals surface area (Å²) in [6.07, 6.45) is 8.08. The van der Waals surface area contributed by atoms with Gasteiger partial charge < -0.3 is 20.1 Å². The zero-order valence-electron chi connectivity index (χ0n) is 16.6. The van der Waals surface area contributed by atoms with E-state index in [4.69, 9.17) is 9.63 Å². The van der Waals surface area contributed by atoms with Crippen LogP contribution in [0.25, 0.3) is 11.3 Å². The molecular weight excluding hydrogens is 378 g/mol. The van der Waals surface area contributed by atoms with Crippen molar-refractivity contribution in [3.05, 3.63) is 41.4 Å². The van der Waals surface area contributed by atoms with Crippen LogP contribution in [0.4, 0.5) is 8.78 Å². The number of halogens is 2. The van der Waals surface area contributed by atoms with Gasteiger partial charge in [-0.05, 0) is 62.7 Å². The minimum Gasteiger partial charge on any atom is -0.391 e. The molecule has 1 aromatic heterocycles. The quantitative estimate of drug-likeness (QED) is 0.711. The van der Waals surface area contributed by atoms with Crippen molar-refractivity contribution in [3.63, 3.8) is 0 Å². The van der Waals surface area contributed by atoms with Gasteiger partial charge in [-0.3, -0.25) is 0 Å². The number of aliphatic hydroxyl groups excluding tert-OH is 2. The lowest BCUT2D eigenvalue weighted by Gasteiger charge is -2.23. The molecule has 0 amide bonds. The van der Waals surface area contributed by atoms with E-state index >= 15 is 0 Å². The minimum atomic E-state index is -1.25. The van der Waals surface area contributed by atoms with E-state index in [-0.39, 0.29) is 12.4 Å². The first-order valence-corrected chi connectivity index (χ1v) is 10.4. The predicted molar refractivity (Wildman–Crippen MR) is 106 cm³/mol.